The molecule has 170 valence electrons. The van der Waals surface area contributed by atoms with Gasteiger partial charge in [0.1, 0.15) is 5.66 Å². The number of carbonyl (C=O) groups is 2. The zero-order valence-corrected chi connectivity index (χ0v) is 20.0. The summed E-state index contributed by atoms with van der Waals surface area (Å²) >= 11 is 0. The van der Waals surface area contributed by atoms with E-state index in [1.54, 1.807) is 12.1 Å². The number of hydrogen-bond donors (Lipinski definition) is 1. The van der Waals surface area contributed by atoms with Crippen molar-refractivity contribution in [2.75, 3.05) is 11.9 Å². The largest absolute Gasteiger partial charge is 0.351 e. The van der Waals surface area contributed by atoms with Gasteiger partial charge in [0.15, 0.2) is 0 Å². The minimum atomic E-state index is -0.510. The van der Waals surface area contributed by atoms with Crippen molar-refractivity contribution in [3.63, 3.8) is 0 Å². The van der Waals surface area contributed by atoms with Crippen LogP contribution in [0.25, 0.3) is 0 Å². The molecule has 33 heavy (non-hydrogen) atoms. The maximum atomic E-state index is 13.6. The highest BCUT2D eigenvalue weighted by atomic mass is 16.2. The van der Waals surface area contributed by atoms with E-state index in [-0.39, 0.29) is 11.8 Å². The summed E-state index contributed by atoms with van der Waals surface area (Å²) in [5.41, 5.74) is 5.83. The molecule has 5 nitrogen and oxygen atoms in total. The number of benzene rings is 3. The summed E-state index contributed by atoms with van der Waals surface area (Å²) in [6.45, 7) is 9.12. The van der Waals surface area contributed by atoms with Crippen LogP contribution in [0.5, 0.6) is 0 Å². The number of amides is 2. The molecule has 0 bridgehead atoms. The van der Waals surface area contributed by atoms with Gasteiger partial charge in [0.05, 0.1) is 11.3 Å². The normalized spacial score (nSPS) is 14.8. The van der Waals surface area contributed by atoms with E-state index >= 15 is 0 Å². The lowest BCUT2D eigenvalue weighted by Crippen LogP contribution is -2.60. The molecule has 0 radical (unpaired) electrons. The maximum Gasteiger partial charge on any atom is 0.258 e. The highest BCUT2D eigenvalue weighted by Crippen LogP contribution is 2.37. The lowest BCUT2D eigenvalue weighted by atomic mass is 9.96. The fourth-order valence-electron chi connectivity index (χ4n) is 4.14. The van der Waals surface area contributed by atoms with Gasteiger partial charge in [-0.25, -0.2) is 0 Å². The first-order valence-electron chi connectivity index (χ1n) is 11.3. The van der Waals surface area contributed by atoms with Gasteiger partial charge in [-0.1, -0.05) is 59.7 Å². The molecule has 1 aliphatic heterocycles. The van der Waals surface area contributed by atoms with E-state index in [9.17, 15) is 9.59 Å². The van der Waals surface area contributed by atoms with Crippen molar-refractivity contribution in [1.29, 1.82) is 0 Å². The summed E-state index contributed by atoms with van der Waals surface area (Å²) in [5, 5.41) is 2.96. The van der Waals surface area contributed by atoms with E-state index < -0.39 is 5.66 Å². The molecule has 0 fully saturated rings. The van der Waals surface area contributed by atoms with E-state index in [0.29, 0.717) is 24.2 Å². The standard InChI is InChI=1S/C28H31N3O2/c1-19-6-10-21(11-7-19)17-29-26(32)23-14-15-25-24(16-23)27(33)31(28(3,4)30(25)5)18-22-12-8-20(2)9-13-22/h6-16H,17-18H2,1-5H3,(H,29,32). The molecule has 4 rings (SSSR count). The molecule has 0 aliphatic carbocycles. The fraction of sp³-hybridized carbons (Fsp3) is 0.286. The molecule has 1 aliphatic rings. The Balaban J connectivity index is 1.58. The van der Waals surface area contributed by atoms with Gasteiger partial charge in [-0.15, -0.1) is 0 Å². The number of carbonyl (C=O) groups excluding carboxylic acids is 2. The number of aryl methyl sites for hydroxylation is 2. The third-order valence-electron chi connectivity index (χ3n) is 6.61. The highest BCUT2D eigenvalue weighted by molar-refractivity contribution is 6.05. The van der Waals surface area contributed by atoms with E-state index in [0.717, 1.165) is 16.8 Å². The zero-order chi connectivity index (χ0) is 23.8. The molecule has 0 saturated carbocycles. The summed E-state index contributed by atoms with van der Waals surface area (Å²) in [5.74, 6) is -0.259. The molecule has 5 heteroatoms. The molecular weight excluding hydrogens is 410 g/mol. The lowest BCUT2D eigenvalue weighted by molar-refractivity contribution is 0.0490. The Morgan fingerprint density at radius 3 is 2.06 bits per heavy atom. The second-order valence-corrected chi connectivity index (χ2v) is 9.33. The summed E-state index contributed by atoms with van der Waals surface area (Å²) in [6.07, 6.45) is 0. The molecule has 2 amide bonds. The topological polar surface area (TPSA) is 52.7 Å². The Labute approximate surface area is 196 Å². The summed E-state index contributed by atoms with van der Waals surface area (Å²) in [6, 6.07) is 21.7. The number of nitrogens with one attached hydrogen (secondary N) is 1. The summed E-state index contributed by atoms with van der Waals surface area (Å²) in [7, 11) is 1.99. The predicted molar refractivity (Wildman–Crippen MR) is 132 cm³/mol. The van der Waals surface area contributed by atoms with E-state index in [1.807, 2.05) is 63.1 Å². The molecule has 3 aromatic carbocycles. The van der Waals surface area contributed by atoms with Crippen LogP contribution in [0, 0.1) is 13.8 Å². The smallest absolute Gasteiger partial charge is 0.258 e. The van der Waals surface area contributed by atoms with Crippen LogP contribution in [-0.2, 0) is 13.1 Å². The van der Waals surface area contributed by atoms with Crippen molar-refractivity contribution in [3.05, 3.63) is 100 Å². The Hall–Kier alpha value is -3.60. The van der Waals surface area contributed by atoms with Crippen molar-refractivity contribution in [2.45, 2.75) is 46.4 Å². The van der Waals surface area contributed by atoms with Crippen LogP contribution in [-0.4, -0.2) is 29.4 Å². The van der Waals surface area contributed by atoms with Crippen molar-refractivity contribution >= 4 is 17.5 Å². The van der Waals surface area contributed by atoms with Crippen molar-refractivity contribution in [1.82, 2.24) is 10.2 Å². The van der Waals surface area contributed by atoms with Crippen LogP contribution in [0.4, 0.5) is 5.69 Å². The maximum absolute atomic E-state index is 13.6. The molecule has 0 spiro atoms. The first kappa shape index (κ1) is 22.6. The molecule has 3 aromatic rings. The van der Waals surface area contributed by atoms with Crippen LogP contribution in [0.1, 0.15) is 56.8 Å². The highest BCUT2D eigenvalue weighted by Gasteiger charge is 2.41. The first-order chi connectivity index (χ1) is 15.7. The Morgan fingerprint density at radius 2 is 1.45 bits per heavy atom. The Kier molecular flexibility index (Phi) is 5.98. The second-order valence-electron chi connectivity index (χ2n) is 9.33. The molecular formula is C28H31N3O2. The molecule has 0 aromatic heterocycles. The van der Waals surface area contributed by atoms with E-state index in [4.69, 9.17) is 0 Å². The van der Waals surface area contributed by atoms with Gasteiger partial charge in [0.25, 0.3) is 11.8 Å². The third-order valence-corrected chi connectivity index (χ3v) is 6.61. The van der Waals surface area contributed by atoms with Gasteiger partial charge >= 0.3 is 0 Å². The first-order valence-corrected chi connectivity index (χ1v) is 11.3. The van der Waals surface area contributed by atoms with Crippen LogP contribution in [0.3, 0.4) is 0 Å². The Morgan fingerprint density at radius 1 is 0.879 bits per heavy atom. The molecule has 1 heterocycles. The average molecular weight is 442 g/mol. The van der Waals surface area contributed by atoms with Crippen molar-refractivity contribution < 1.29 is 9.59 Å². The van der Waals surface area contributed by atoms with Crippen LogP contribution >= 0.6 is 0 Å². The number of rotatable bonds is 5. The van der Waals surface area contributed by atoms with E-state index in [2.05, 4.69) is 41.4 Å². The fourth-order valence-corrected chi connectivity index (χ4v) is 4.14. The number of anilines is 1. The van der Waals surface area contributed by atoms with Crippen molar-refractivity contribution in [2.24, 2.45) is 0 Å². The minimum absolute atomic E-state index is 0.0677. The predicted octanol–water partition coefficient (Wildman–Crippen LogP) is 5.06. The summed E-state index contributed by atoms with van der Waals surface area (Å²) < 4.78 is 0. The SMILES string of the molecule is Cc1ccc(CNC(=O)c2ccc3c(c2)C(=O)N(Cc2ccc(C)cc2)C(C)(C)N3C)cc1. The van der Waals surface area contributed by atoms with Gasteiger partial charge < -0.3 is 15.1 Å². The molecule has 0 atom stereocenters. The van der Waals surface area contributed by atoms with Gasteiger partial charge in [-0.2, -0.15) is 0 Å². The number of nitrogens with zero attached hydrogens (tertiary/aromatic N) is 2. The van der Waals surface area contributed by atoms with E-state index in [1.165, 1.54) is 11.1 Å². The third kappa shape index (κ3) is 4.49. The lowest BCUT2D eigenvalue weighted by Gasteiger charge is -2.50. The van der Waals surface area contributed by atoms with Crippen LogP contribution in [0.15, 0.2) is 66.7 Å². The minimum Gasteiger partial charge on any atom is -0.351 e. The van der Waals surface area contributed by atoms with Crippen LogP contribution < -0.4 is 10.2 Å². The van der Waals surface area contributed by atoms with Gasteiger partial charge in [0.2, 0.25) is 0 Å². The quantitative estimate of drug-likeness (QED) is 0.602. The molecule has 0 saturated heterocycles. The average Bonchev–Trinajstić information content (AvgIpc) is 2.81. The number of fused-ring (bicyclic) bond motifs is 1. The molecule has 0 unspecified atom stereocenters. The van der Waals surface area contributed by atoms with Gasteiger partial charge in [-0.05, 0) is 57.0 Å². The monoisotopic (exact) mass is 441 g/mol. The second kappa shape index (κ2) is 8.74. The van der Waals surface area contributed by atoms with Gasteiger partial charge in [0, 0.05) is 25.7 Å². The zero-order valence-electron chi connectivity index (χ0n) is 20.0. The molecule has 1 N–H and O–H groups in total. The Bertz CT molecular complexity index is 1180. The summed E-state index contributed by atoms with van der Waals surface area (Å²) in [4.78, 5) is 30.4. The van der Waals surface area contributed by atoms with Crippen molar-refractivity contribution in [3.8, 4) is 0 Å². The number of hydrogen-bond acceptors (Lipinski definition) is 3. The van der Waals surface area contributed by atoms with Gasteiger partial charge in [-0.3, -0.25) is 9.59 Å². The van der Waals surface area contributed by atoms with Crippen LogP contribution in [0.2, 0.25) is 0 Å².